The smallest absolute Gasteiger partial charge is 0.247 e. The van der Waals surface area contributed by atoms with Gasteiger partial charge in [0.1, 0.15) is 5.82 Å². The van der Waals surface area contributed by atoms with Crippen LogP contribution in [0.2, 0.25) is 0 Å². The minimum absolute atomic E-state index is 0.143. The highest BCUT2D eigenvalue weighted by Gasteiger charge is 2.33. The fraction of sp³-hybridized carbons (Fsp3) is 0.500. The van der Waals surface area contributed by atoms with Crippen molar-refractivity contribution in [2.75, 3.05) is 20.1 Å². The summed E-state index contributed by atoms with van der Waals surface area (Å²) < 4.78 is 19.0. The Balaban J connectivity index is 1.73. The summed E-state index contributed by atoms with van der Waals surface area (Å²) in [7, 11) is 1.84. The molecule has 1 saturated heterocycles. The van der Waals surface area contributed by atoms with E-state index in [1.807, 2.05) is 7.05 Å². The van der Waals surface area contributed by atoms with Crippen LogP contribution < -0.4 is 0 Å². The monoisotopic (exact) mass is 346 g/mol. The lowest BCUT2D eigenvalue weighted by atomic mass is 10.0. The van der Waals surface area contributed by atoms with Crippen molar-refractivity contribution in [3.63, 3.8) is 0 Å². The van der Waals surface area contributed by atoms with Gasteiger partial charge in [-0.1, -0.05) is 25.8 Å². The third-order valence-corrected chi connectivity index (χ3v) is 4.53. The van der Waals surface area contributed by atoms with Crippen LogP contribution in [0.15, 0.2) is 28.7 Å². The number of benzene rings is 1. The molecule has 2 heterocycles. The van der Waals surface area contributed by atoms with E-state index in [0.717, 1.165) is 25.8 Å². The van der Waals surface area contributed by atoms with Gasteiger partial charge in [-0.2, -0.15) is 0 Å². The van der Waals surface area contributed by atoms with Crippen LogP contribution in [0.3, 0.4) is 0 Å². The first-order valence-electron chi connectivity index (χ1n) is 8.66. The molecular weight excluding hydrogens is 323 g/mol. The maximum atomic E-state index is 13.3. The van der Waals surface area contributed by atoms with E-state index in [2.05, 4.69) is 22.0 Å². The van der Waals surface area contributed by atoms with E-state index in [4.69, 9.17) is 4.42 Å². The summed E-state index contributed by atoms with van der Waals surface area (Å²) in [6.07, 6.45) is 2.87. The standard InChI is InChI=1S/C18H23FN4O2/c1-3-4-8-15-18(24)22(2)9-10-23(15)12-16-20-21-17(25-16)13-6-5-7-14(19)11-13/h5-7,11,15H,3-4,8-10,12H2,1-2H3/t15-/m0/s1. The third kappa shape index (κ3) is 4.04. The SMILES string of the molecule is CCCC[C@H]1C(=O)N(C)CCN1Cc1nnc(-c2cccc(F)c2)o1. The van der Waals surface area contributed by atoms with Crippen LogP contribution in [-0.2, 0) is 11.3 Å². The number of hydrogen-bond acceptors (Lipinski definition) is 5. The quantitative estimate of drug-likeness (QED) is 0.805. The molecule has 0 aliphatic carbocycles. The second kappa shape index (κ2) is 7.74. The summed E-state index contributed by atoms with van der Waals surface area (Å²) in [6, 6.07) is 5.91. The first-order chi connectivity index (χ1) is 12.1. The average Bonchev–Trinajstić information content (AvgIpc) is 3.06. The van der Waals surface area contributed by atoms with Crippen molar-refractivity contribution in [1.82, 2.24) is 20.0 Å². The Morgan fingerprint density at radius 1 is 1.32 bits per heavy atom. The number of unbranched alkanes of at least 4 members (excludes halogenated alkanes) is 1. The van der Waals surface area contributed by atoms with Gasteiger partial charge >= 0.3 is 0 Å². The van der Waals surface area contributed by atoms with Gasteiger partial charge in [-0.3, -0.25) is 9.69 Å². The highest BCUT2D eigenvalue weighted by Crippen LogP contribution is 2.22. The molecule has 1 amide bonds. The van der Waals surface area contributed by atoms with E-state index in [1.165, 1.54) is 12.1 Å². The topological polar surface area (TPSA) is 62.5 Å². The number of halogens is 1. The van der Waals surface area contributed by atoms with Crippen molar-refractivity contribution >= 4 is 5.91 Å². The number of piperazine rings is 1. The van der Waals surface area contributed by atoms with Gasteiger partial charge in [0.05, 0.1) is 12.6 Å². The van der Waals surface area contributed by atoms with Crippen molar-refractivity contribution in [1.29, 1.82) is 0 Å². The van der Waals surface area contributed by atoms with E-state index >= 15 is 0 Å². The minimum Gasteiger partial charge on any atom is -0.419 e. The molecule has 0 N–H and O–H groups in total. The second-order valence-corrected chi connectivity index (χ2v) is 6.40. The normalized spacial score (nSPS) is 18.8. The summed E-state index contributed by atoms with van der Waals surface area (Å²) in [4.78, 5) is 16.4. The van der Waals surface area contributed by atoms with Crippen molar-refractivity contribution < 1.29 is 13.6 Å². The number of aromatic nitrogens is 2. The van der Waals surface area contributed by atoms with Gasteiger partial charge in [0.15, 0.2) is 0 Å². The van der Waals surface area contributed by atoms with E-state index in [1.54, 1.807) is 17.0 Å². The van der Waals surface area contributed by atoms with Gasteiger partial charge < -0.3 is 9.32 Å². The number of nitrogens with zero attached hydrogens (tertiary/aromatic N) is 4. The van der Waals surface area contributed by atoms with Gasteiger partial charge in [-0.25, -0.2) is 4.39 Å². The maximum Gasteiger partial charge on any atom is 0.247 e. The first kappa shape index (κ1) is 17.5. The zero-order valence-corrected chi connectivity index (χ0v) is 14.6. The Morgan fingerprint density at radius 3 is 2.92 bits per heavy atom. The Hall–Kier alpha value is -2.28. The summed E-state index contributed by atoms with van der Waals surface area (Å²) in [5.41, 5.74) is 0.552. The molecule has 0 radical (unpaired) electrons. The fourth-order valence-electron chi connectivity index (χ4n) is 3.08. The fourth-order valence-corrected chi connectivity index (χ4v) is 3.08. The molecule has 1 atom stereocenters. The Bertz CT molecular complexity index is 733. The van der Waals surface area contributed by atoms with E-state index in [-0.39, 0.29) is 17.8 Å². The molecule has 0 bridgehead atoms. The predicted octanol–water partition coefficient (Wildman–Crippen LogP) is 2.71. The lowest BCUT2D eigenvalue weighted by Gasteiger charge is -2.38. The van der Waals surface area contributed by atoms with Crippen LogP contribution in [0.5, 0.6) is 0 Å². The van der Waals surface area contributed by atoms with Crippen LogP contribution in [0.4, 0.5) is 4.39 Å². The number of likely N-dealkylation sites (N-methyl/N-ethyl adjacent to an activating group) is 1. The summed E-state index contributed by atoms with van der Waals surface area (Å²) in [5.74, 6) is 0.532. The predicted molar refractivity (Wildman–Crippen MR) is 91.1 cm³/mol. The molecular formula is C18H23FN4O2. The molecule has 1 aliphatic heterocycles. The van der Waals surface area contributed by atoms with Crippen LogP contribution in [0, 0.1) is 5.82 Å². The molecule has 0 saturated carbocycles. The van der Waals surface area contributed by atoms with Crippen molar-refractivity contribution in [3.8, 4) is 11.5 Å². The summed E-state index contributed by atoms with van der Waals surface area (Å²) in [5, 5.41) is 8.08. The summed E-state index contributed by atoms with van der Waals surface area (Å²) >= 11 is 0. The molecule has 25 heavy (non-hydrogen) atoms. The molecule has 3 rings (SSSR count). The zero-order chi connectivity index (χ0) is 17.8. The van der Waals surface area contributed by atoms with Gasteiger partial charge in [0, 0.05) is 25.7 Å². The van der Waals surface area contributed by atoms with Crippen LogP contribution >= 0.6 is 0 Å². The van der Waals surface area contributed by atoms with Crippen LogP contribution in [0.25, 0.3) is 11.5 Å². The number of rotatable bonds is 6. The van der Waals surface area contributed by atoms with Gasteiger partial charge in [0.2, 0.25) is 17.7 Å². The first-order valence-corrected chi connectivity index (χ1v) is 8.66. The Morgan fingerprint density at radius 2 is 2.16 bits per heavy atom. The number of hydrogen-bond donors (Lipinski definition) is 0. The molecule has 7 heteroatoms. The lowest BCUT2D eigenvalue weighted by molar-refractivity contribution is -0.141. The number of carbonyl (C=O) groups excluding carboxylic acids is 1. The largest absolute Gasteiger partial charge is 0.419 e. The highest BCUT2D eigenvalue weighted by molar-refractivity contribution is 5.82. The maximum absolute atomic E-state index is 13.3. The highest BCUT2D eigenvalue weighted by atomic mass is 19.1. The van der Waals surface area contributed by atoms with Crippen molar-refractivity contribution in [3.05, 3.63) is 36.0 Å². The molecule has 134 valence electrons. The minimum atomic E-state index is -0.346. The van der Waals surface area contributed by atoms with Gasteiger partial charge in [0.25, 0.3) is 0 Å². The molecule has 0 spiro atoms. The molecule has 1 aromatic carbocycles. The number of amides is 1. The molecule has 1 aliphatic rings. The van der Waals surface area contributed by atoms with Crippen molar-refractivity contribution in [2.24, 2.45) is 0 Å². The number of carbonyl (C=O) groups is 1. The van der Waals surface area contributed by atoms with E-state index in [9.17, 15) is 9.18 Å². The molecule has 0 unspecified atom stereocenters. The zero-order valence-electron chi connectivity index (χ0n) is 14.6. The average molecular weight is 346 g/mol. The molecule has 1 aromatic heterocycles. The third-order valence-electron chi connectivity index (χ3n) is 4.53. The second-order valence-electron chi connectivity index (χ2n) is 6.40. The Kier molecular flexibility index (Phi) is 5.43. The van der Waals surface area contributed by atoms with Gasteiger partial charge in [-0.15, -0.1) is 10.2 Å². The lowest BCUT2D eigenvalue weighted by Crippen LogP contribution is -2.55. The molecule has 6 nitrogen and oxygen atoms in total. The molecule has 1 fully saturated rings. The van der Waals surface area contributed by atoms with E-state index in [0.29, 0.717) is 30.4 Å². The molecule has 2 aromatic rings. The van der Waals surface area contributed by atoms with Gasteiger partial charge in [-0.05, 0) is 24.6 Å². The summed E-state index contributed by atoms with van der Waals surface area (Å²) in [6.45, 7) is 4.00. The Labute approximate surface area is 146 Å². The van der Waals surface area contributed by atoms with Crippen LogP contribution in [0.1, 0.15) is 32.1 Å². The van der Waals surface area contributed by atoms with Crippen molar-refractivity contribution in [2.45, 2.75) is 38.8 Å². The van der Waals surface area contributed by atoms with E-state index < -0.39 is 0 Å². The van der Waals surface area contributed by atoms with Crippen LogP contribution in [-0.4, -0.2) is 52.1 Å².